The van der Waals surface area contributed by atoms with Crippen LogP contribution in [0.5, 0.6) is 0 Å². The molecule has 1 aliphatic rings. The van der Waals surface area contributed by atoms with E-state index in [-0.39, 0.29) is 18.4 Å². The summed E-state index contributed by atoms with van der Waals surface area (Å²) < 4.78 is 0. The molecule has 2 rings (SSSR count). The minimum Gasteiger partial charge on any atom is -0.481 e. The largest absolute Gasteiger partial charge is 0.481 e. The van der Waals surface area contributed by atoms with E-state index in [2.05, 4.69) is 17.0 Å². The van der Waals surface area contributed by atoms with E-state index in [4.69, 9.17) is 5.11 Å². The van der Waals surface area contributed by atoms with Gasteiger partial charge in [-0.1, -0.05) is 30.3 Å². The molecule has 1 aromatic rings. The number of benzene rings is 1. The van der Waals surface area contributed by atoms with Gasteiger partial charge in [0, 0.05) is 39.1 Å². The summed E-state index contributed by atoms with van der Waals surface area (Å²) in [5, 5.41) is 8.80. The van der Waals surface area contributed by atoms with Crippen LogP contribution in [0.4, 0.5) is 0 Å². The van der Waals surface area contributed by atoms with Crippen molar-refractivity contribution >= 4 is 11.9 Å². The highest BCUT2D eigenvalue weighted by molar-refractivity contribution is 5.74. The minimum atomic E-state index is -0.854. The van der Waals surface area contributed by atoms with Crippen molar-refractivity contribution in [3.05, 3.63) is 35.9 Å². The summed E-state index contributed by atoms with van der Waals surface area (Å²) in [7, 11) is 0. The molecule has 22 heavy (non-hydrogen) atoms. The molecule has 0 bridgehead atoms. The summed E-state index contributed by atoms with van der Waals surface area (Å²) in [4.78, 5) is 26.6. The van der Waals surface area contributed by atoms with Crippen molar-refractivity contribution < 1.29 is 14.7 Å². The average molecular weight is 304 g/mol. The molecule has 0 unspecified atom stereocenters. The molecule has 0 aliphatic carbocycles. The zero-order valence-corrected chi connectivity index (χ0v) is 13.1. The van der Waals surface area contributed by atoms with Gasteiger partial charge in [-0.2, -0.15) is 0 Å². The van der Waals surface area contributed by atoms with E-state index in [1.165, 1.54) is 12.5 Å². The van der Waals surface area contributed by atoms with Gasteiger partial charge in [-0.3, -0.25) is 14.5 Å². The second-order valence-electron chi connectivity index (χ2n) is 5.85. The third-order valence-corrected chi connectivity index (χ3v) is 4.22. The van der Waals surface area contributed by atoms with E-state index in [1.54, 1.807) is 4.90 Å². The molecule has 5 nitrogen and oxygen atoms in total. The van der Waals surface area contributed by atoms with Crippen molar-refractivity contribution in [2.75, 3.05) is 19.6 Å². The number of likely N-dealkylation sites (tertiary alicyclic amines) is 1. The number of rotatable bonds is 6. The number of carbonyl (C=O) groups excluding carboxylic acids is 1. The van der Waals surface area contributed by atoms with Crippen LogP contribution in [0, 0.1) is 0 Å². The number of amides is 1. The van der Waals surface area contributed by atoms with Crippen LogP contribution in [0.1, 0.15) is 31.7 Å². The quantitative estimate of drug-likeness (QED) is 0.873. The number of piperidine rings is 1. The first-order valence-electron chi connectivity index (χ1n) is 7.81. The number of nitrogens with zero attached hydrogens (tertiary/aromatic N) is 2. The lowest BCUT2D eigenvalue weighted by molar-refractivity contribution is -0.139. The maximum atomic E-state index is 11.7. The molecule has 5 heteroatoms. The Balaban J connectivity index is 1.84. The molecule has 0 atom stereocenters. The first kappa shape index (κ1) is 16.5. The van der Waals surface area contributed by atoms with Gasteiger partial charge in [-0.25, -0.2) is 0 Å². The van der Waals surface area contributed by atoms with Gasteiger partial charge < -0.3 is 10.0 Å². The summed E-state index contributed by atoms with van der Waals surface area (Å²) in [6.45, 7) is 4.65. The normalized spacial score (nSPS) is 16.4. The van der Waals surface area contributed by atoms with Gasteiger partial charge >= 0.3 is 5.97 Å². The first-order valence-corrected chi connectivity index (χ1v) is 7.81. The van der Waals surface area contributed by atoms with Crippen molar-refractivity contribution in [2.24, 2.45) is 0 Å². The van der Waals surface area contributed by atoms with Crippen LogP contribution in [-0.4, -0.2) is 52.5 Å². The molecule has 0 spiro atoms. The Bertz CT molecular complexity index is 496. The average Bonchev–Trinajstić information content (AvgIpc) is 2.49. The Morgan fingerprint density at radius 3 is 2.41 bits per heavy atom. The molecule has 0 aromatic heterocycles. The topological polar surface area (TPSA) is 60.9 Å². The zero-order chi connectivity index (χ0) is 15.9. The number of hydrogen-bond donors (Lipinski definition) is 1. The second kappa shape index (κ2) is 7.94. The van der Waals surface area contributed by atoms with Gasteiger partial charge in [0.05, 0.1) is 6.42 Å². The SMILES string of the molecule is CC(=O)N(CCC(=O)O)C1CCN(Cc2ccccc2)CC1. The van der Waals surface area contributed by atoms with E-state index in [0.29, 0.717) is 6.54 Å². The van der Waals surface area contributed by atoms with Gasteiger partial charge in [0.25, 0.3) is 0 Å². The summed E-state index contributed by atoms with van der Waals surface area (Å²) in [6, 6.07) is 10.5. The van der Waals surface area contributed by atoms with E-state index >= 15 is 0 Å². The predicted molar refractivity (Wildman–Crippen MR) is 84.4 cm³/mol. The Morgan fingerprint density at radius 1 is 1.23 bits per heavy atom. The van der Waals surface area contributed by atoms with Crippen molar-refractivity contribution in [3.63, 3.8) is 0 Å². The summed E-state index contributed by atoms with van der Waals surface area (Å²) in [5.74, 6) is -0.879. The molecule has 1 fully saturated rings. The van der Waals surface area contributed by atoms with Crippen molar-refractivity contribution in [2.45, 2.75) is 38.8 Å². The van der Waals surface area contributed by atoms with E-state index < -0.39 is 5.97 Å². The maximum absolute atomic E-state index is 11.7. The van der Waals surface area contributed by atoms with Crippen molar-refractivity contribution in [3.8, 4) is 0 Å². The Hall–Kier alpha value is -1.88. The number of carboxylic acid groups (broad SMARTS) is 1. The van der Waals surface area contributed by atoms with Gasteiger partial charge in [-0.05, 0) is 18.4 Å². The lowest BCUT2D eigenvalue weighted by atomic mass is 10.0. The lowest BCUT2D eigenvalue weighted by Gasteiger charge is -2.38. The highest BCUT2D eigenvalue weighted by Gasteiger charge is 2.26. The minimum absolute atomic E-state index is 0.0177. The standard InChI is InChI=1S/C17H24N2O3/c1-14(20)19(12-9-17(21)22)16-7-10-18(11-8-16)13-15-5-3-2-4-6-15/h2-6,16H,7-13H2,1H3,(H,21,22). The van der Waals surface area contributed by atoms with Crippen LogP contribution in [0.25, 0.3) is 0 Å². The molecule has 0 radical (unpaired) electrons. The molecule has 1 aromatic carbocycles. The summed E-state index contributed by atoms with van der Waals surface area (Å²) in [5.41, 5.74) is 1.30. The predicted octanol–water partition coefficient (Wildman–Crippen LogP) is 1.97. The number of aliphatic carboxylic acids is 1. The molecule has 1 aliphatic heterocycles. The fraction of sp³-hybridized carbons (Fsp3) is 0.529. The molecule has 1 saturated heterocycles. The monoisotopic (exact) mass is 304 g/mol. The van der Waals surface area contributed by atoms with Crippen LogP contribution >= 0.6 is 0 Å². The van der Waals surface area contributed by atoms with E-state index in [1.807, 2.05) is 18.2 Å². The van der Waals surface area contributed by atoms with Crippen LogP contribution in [0.3, 0.4) is 0 Å². The van der Waals surface area contributed by atoms with Gasteiger partial charge in [0.15, 0.2) is 0 Å². The highest BCUT2D eigenvalue weighted by atomic mass is 16.4. The smallest absolute Gasteiger partial charge is 0.305 e. The van der Waals surface area contributed by atoms with E-state index in [0.717, 1.165) is 32.5 Å². The summed E-state index contributed by atoms with van der Waals surface area (Å²) in [6.07, 6.45) is 1.84. The van der Waals surface area contributed by atoms with Crippen LogP contribution in [-0.2, 0) is 16.1 Å². The highest BCUT2D eigenvalue weighted by Crippen LogP contribution is 2.19. The fourth-order valence-corrected chi connectivity index (χ4v) is 3.04. The molecule has 0 saturated carbocycles. The van der Waals surface area contributed by atoms with E-state index in [9.17, 15) is 9.59 Å². The third-order valence-electron chi connectivity index (χ3n) is 4.22. The van der Waals surface area contributed by atoms with Crippen molar-refractivity contribution in [1.29, 1.82) is 0 Å². The van der Waals surface area contributed by atoms with Crippen molar-refractivity contribution in [1.82, 2.24) is 9.80 Å². The molecule has 1 N–H and O–H groups in total. The number of carboxylic acids is 1. The fourth-order valence-electron chi connectivity index (χ4n) is 3.04. The summed E-state index contributed by atoms with van der Waals surface area (Å²) >= 11 is 0. The third kappa shape index (κ3) is 4.84. The maximum Gasteiger partial charge on any atom is 0.305 e. The first-order chi connectivity index (χ1) is 10.6. The Labute approximate surface area is 131 Å². The molecular weight excluding hydrogens is 280 g/mol. The van der Waals surface area contributed by atoms with Gasteiger partial charge in [0.1, 0.15) is 0 Å². The molecular formula is C17H24N2O3. The van der Waals surface area contributed by atoms with Gasteiger partial charge in [0.2, 0.25) is 5.91 Å². The molecule has 1 heterocycles. The zero-order valence-electron chi connectivity index (χ0n) is 13.1. The lowest BCUT2D eigenvalue weighted by Crippen LogP contribution is -2.47. The molecule has 1 amide bonds. The van der Waals surface area contributed by atoms with Crippen LogP contribution in [0.15, 0.2) is 30.3 Å². The Kier molecular flexibility index (Phi) is 5.95. The number of hydrogen-bond acceptors (Lipinski definition) is 3. The Morgan fingerprint density at radius 2 is 1.86 bits per heavy atom. The molecule has 120 valence electrons. The number of carbonyl (C=O) groups is 2. The van der Waals surface area contributed by atoms with Crippen LogP contribution < -0.4 is 0 Å². The van der Waals surface area contributed by atoms with Crippen LogP contribution in [0.2, 0.25) is 0 Å². The van der Waals surface area contributed by atoms with Gasteiger partial charge in [-0.15, -0.1) is 0 Å². The second-order valence-corrected chi connectivity index (χ2v) is 5.85.